The highest BCUT2D eigenvalue weighted by atomic mass is 19.4. The van der Waals surface area contributed by atoms with Crippen molar-refractivity contribution in [2.24, 2.45) is 0 Å². The lowest BCUT2D eigenvalue weighted by molar-refractivity contribution is -0.283. The molecule has 23 heavy (non-hydrogen) atoms. The van der Waals surface area contributed by atoms with E-state index < -0.39 is 23.6 Å². The van der Waals surface area contributed by atoms with Gasteiger partial charge in [0.15, 0.2) is 0 Å². The summed E-state index contributed by atoms with van der Waals surface area (Å²) < 4.78 is 39.8. The first kappa shape index (κ1) is 17.1. The second-order valence-corrected chi connectivity index (χ2v) is 5.27. The zero-order chi connectivity index (χ0) is 17.3. The summed E-state index contributed by atoms with van der Waals surface area (Å²) in [5.41, 5.74) is -1.38. The monoisotopic (exact) mass is 330 g/mol. The molecule has 8 heteroatoms. The lowest BCUT2D eigenvalue weighted by atomic mass is 10.1. The number of allylic oxidation sites excluding steroid dienone is 1. The van der Waals surface area contributed by atoms with Gasteiger partial charge in [-0.3, -0.25) is 10.2 Å². The van der Waals surface area contributed by atoms with Crippen molar-refractivity contribution in [1.82, 2.24) is 10.4 Å². The molecule has 0 unspecified atom stereocenters. The molecule has 1 aromatic carbocycles. The van der Waals surface area contributed by atoms with Gasteiger partial charge in [-0.05, 0) is 31.1 Å². The van der Waals surface area contributed by atoms with Crippen LogP contribution in [0.5, 0.6) is 5.75 Å². The maximum Gasteiger partial charge on any atom is 0.442 e. The van der Waals surface area contributed by atoms with E-state index >= 15 is 0 Å². The number of carbonyl (C=O) groups excluding carboxylic acids is 1. The third-order valence-electron chi connectivity index (χ3n) is 3.53. The van der Waals surface area contributed by atoms with Crippen LogP contribution in [0, 0.1) is 0 Å². The van der Waals surface area contributed by atoms with Gasteiger partial charge in [-0.1, -0.05) is 25.5 Å². The highest BCUT2D eigenvalue weighted by Crippen LogP contribution is 2.39. The molecule has 0 fully saturated rings. The maximum absolute atomic E-state index is 13.3. The Hall–Kier alpha value is -2.22. The van der Waals surface area contributed by atoms with E-state index in [0.29, 0.717) is 12.5 Å². The van der Waals surface area contributed by atoms with E-state index in [1.165, 1.54) is 24.3 Å². The lowest BCUT2D eigenvalue weighted by Gasteiger charge is -2.33. The van der Waals surface area contributed by atoms with Crippen molar-refractivity contribution in [1.29, 1.82) is 0 Å². The summed E-state index contributed by atoms with van der Waals surface area (Å²) in [6.45, 7) is 1.87. The quantitative estimate of drug-likeness (QED) is 0.794. The number of rotatable bonds is 4. The lowest BCUT2D eigenvalue weighted by Crippen LogP contribution is -2.60. The molecule has 1 aromatic rings. The molecule has 1 amide bonds. The van der Waals surface area contributed by atoms with Crippen molar-refractivity contribution in [3.05, 3.63) is 41.6 Å². The van der Waals surface area contributed by atoms with Gasteiger partial charge in [-0.2, -0.15) is 13.2 Å². The number of para-hydroxylation sites is 1. The second-order valence-electron chi connectivity index (χ2n) is 5.27. The predicted molar refractivity (Wildman–Crippen MR) is 76.0 cm³/mol. The molecular formula is C15H17F3N2O3. The van der Waals surface area contributed by atoms with Gasteiger partial charge in [-0.15, -0.1) is 0 Å². The number of hydrogen-bond donors (Lipinski definition) is 3. The number of unbranched alkanes of at least 4 members (excludes halogenated alkanes) is 1. The first-order chi connectivity index (χ1) is 10.7. The number of carbonyl (C=O) groups is 1. The number of phenols is 1. The summed E-state index contributed by atoms with van der Waals surface area (Å²) >= 11 is 0. The standard InChI is InChI=1S/C15H17F3N2O3/c1-2-3-6-10-9-14(23,15(16,17)18)20(19-10)13(22)11-7-4-5-8-12(11)21/h4-5,7-9,19,21,23H,2-3,6H2,1H3/t14-/m1/s1. The van der Waals surface area contributed by atoms with Crippen LogP contribution in [0.1, 0.15) is 36.5 Å². The van der Waals surface area contributed by atoms with E-state index in [-0.39, 0.29) is 22.7 Å². The van der Waals surface area contributed by atoms with Crippen molar-refractivity contribution < 1.29 is 28.2 Å². The first-order valence-corrected chi connectivity index (χ1v) is 7.10. The molecule has 1 aliphatic rings. The number of nitrogens with one attached hydrogen (secondary N) is 1. The normalized spacial score (nSPS) is 21.1. The van der Waals surface area contributed by atoms with Gasteiger partial charge in [-0.25, -0.2) is 5.01 Å². The topological polar surface area (TPSA) is 72.8 Å². The molecule has 0 saturated heterocycles. The number of hydrazine groups is 1. The number of aliphatic hydroxyl groups is 1. The highest BCUT2D eigenvalue weighted by Gasteiger charge is 2.61. The number of halogens is 3. The van der Waals surface area contributed by atoms with Crippen LogP contribution in [0.2, 0.25) is 0 Å². The Bertz CT molecular complexity index is 631. The molecule has 1 aliphatic heterocycles. The number of nitrogens with zero attached hydrogens (tertiary/aromatic N) is 1. The average Bonchev–Trinajstić information content (AvgIpc) is 2.83. The third-order valence-corrected chi connectivity index (χ3v) is 3.53. The Kier molecular flexibility index (Phi) is 4.56. The molecule has 1 heterocycles. The molecular weight excluding hydrogens is 313 g/mol. The van der Waals surface area contributed by atoms with Crippen molar-refractivity contribution in [3.63, 3.8) is 0 Å². The molecule has 126 valence electrons. The van der Waals surface area contributed by atoms with Crippen LogP contribution < -0.4 is 5.43 Å². The van der Waals surface area contributed by atoms with E-state index in [9.17, 15) is 28.2 Å². The minimum Gasteiger partial charge on any atom is -0.507 e. The second kappa shape index (κ2) is 6.11. The largest absolute Gasteiger partial charge is 0.507 e. The number of alkyl halides is 3. The molecule has 0 saturated carbocycles. The fraction of sp³-hybridized carbons (Fsp3) is 0.400. The van der Waals surface area contributed by atoms with Crippen molar-refractivity contribution in [2.45, 2.75) is 38.1 Å². The fourth-order valence-corrected chi connectivity index (χ4v) is 2.25. The number of amides is 1. The first-order valence-electron chi connectivity index (χ1n) is 7.10. The Morgan fingerprint density at radius 3 is 2.57 bits per heavy atom. The van der Waals surface area contributed by atoms with Crippen LogP contribution in [0.4, 0.5) is 13.2 Å². The van der Waals surface area contributed by atoms with E-state index in [1.54, 1.807) is 0 Å². The van der Waals surface area contributed by atoms with Crippen molar-refractivity contribution >= 4 is 5.91 Å². The molecule has 2 rings (SSSR count). The molecule has 3 N–H and O–H groups in total. The Balaban J connectivity index is 2.37. The predicted octanol–water partition coefficient (Wildman–Crippen LogP) is 2.68. The number of benzene rings is 1. The zero-order valence-corrected chi connectivity index (χ0v) is 12.4. The molecule has 1 atom stereocenters. The maximum atomic E-state index is 13.3. The average molecular weight is 330 g/mol. The molecule has 0 spiro atoms. The summed E-state index contributed by atoms with van der Waals surface area (Å²) in [6.07, 6.45) is -2.88. The summed E-state index contributed by atoms with van der Waals surface area (Å²) in [4.78, 5) is 12.4. The van der Waals surface area contributed by atoms with Gasteiger partial charge in [0.25, 0.3) is 11.6 Å². The minimum absolute atomic E-state index is 0.104. The van der Waals surface area contributed by atoms with E-state index in [1.807, 2.05) is 6.92 Å². The molecule has 0 bridgehead atoms. The van der Waals surface area contributed by atoms with Gasteiger partial charge in [0.05, 0.1) is 5.56 Å². The number of hydrogen-bond acceptors (Lipinski definition) is 4. The SMILES string of the molecule is CCCCC1=C[C@@](O)(C(F)(F)F)N(C(=O)c2ccccc2O)N1. The summed E-state index contributed by atoms with van der Waals surface area (Å²) in [5.74, 6) is -1.64. The number of aromatic hydroxyl groups is 1. The Morgan fingerprint density at radius 2 is 2.00 bits per heavy atom. The van der Waals surface area contributed by atoms with E-state index in [4.69, 9.17) is 0 Å². The molecule has 0 aliphatic carbocycles. The summed E-state index contributed by atoms with van der Waals surface area (Å²) in [7, 11) is 0. The summed E-state index contributed by atoms with van der Waals surface area (Å²) in [6, 6.07) is 5.20. The molecule has 0 radical (unpaired) electrons. The van der Waals surface area contributed by atoms with Crippen LogP contribution in [0.25, 0.3) is 0 Å². The zero-order valence-electron chi connectivity index (χ0n) is 12.4. The van der Waals surface area contributed by atoms with Crippen LogP contribution in [0.3, 0.4) is 0 Å². The van der Waals surface area contributed by atoms with Gasteiger partial charge in [0, 0.05) is 5.70 Å². The van der Waals surface area contributed by atoms with Crippen LogP contribution in [-0.2, 0) is 0 Å². The van der Waals surface area contributed by atoms with Crippen molar-refractivity contribution in [2.75, 3.05) is 0 Å². The van der Waals surface area contributed by atoms with E-state index in [0.717, 1.165) is 6.42 Å². The summed E-state index contributed by atoms with van der Waals surface area (Å²) in [5, 5.41) is 19.8. The van der Waals surface area contributed by atoms with Gasteiger partial charge in [0.1, 0.15) is 5.75 Å². The van der Waals surface area contributed by atoms with Gasteiger partial charge in [0.2, 0.25) is 0 Å². The van der Waals surface area contributed by atoms with Crippen LogP contribution >= 0.6 is 0 Å². The van der Waals surface area contributed by atoms with E-state index in [2.05, 4.69) is 5.43 Å². The molecule has 0 aromatic heterocycles. The van der Waals surface area contributed by atoms with Crippen LogP contribution in [-0.4, -0.2) is 33.0 Å². The van der Waals surface area contributed by atoms with Crippen molar-refractivity contribution in [3.8, 4) is 5.75 Å². The van der Waals surface area contributed by atoms with Gasteiger partial charge < -0.3 is 10.2 Å². The fourth-order valence-electron chi connectivity index (χ4n) is 2.25. The number of phenolic OH excluding ortho intramolecular Hbond substituents is 1. The molecule has 5 nitrogen and oxygen atoms in total. The minimum atomic E-state index is -5.09. The third kappa shape index (κ3) is 3.12. The Morgan fingerprint density at radius 1 is 1.35 bits per heavy atom. The van der Waals surface area contributed by atoms with Gasteiger partial charge >= 0.3 is 6.18 Å². The van der Waals surface area contributed by atoms with Crippen LogP contribution in [0.15, 0.2) is 36.0 Å². The smallest absolute Gasteiger partial charge is 0.442 e. The Labute approximate surface area is 131 Å². The highest BCUT2D eigenvalue weighted by molar-refractivity contribution is 5.97.